The molecule has 1 aromatic rings. The summed E-state index contributed by atoms with van der Waals surface area (Å²) in [6.45, 7) is 2.30. The maximum absolute atomic E-state index is 12.3. The number of nitrogens with two attached hydrogens (primary N) is 1. The summed E-state index contributed by atoms with van der Waals surface area (Å²) in [5.74, 6) is 0.278. The van der Waals surface area contributed by atoms with Crippen LogP contribution in [-0.2, 0) is 6.18 Å². The van der Waals surface area contributed by atoms with E-state index in [0.29, 0.717) is 17.4 Å². The SMILES string of the molecule is CC(CN(C)c1ccc(C(F)(F)F)nn1)C(N)=S. The fraction of sp³-hybridized carbons (Fsp3) is 0.500. The largest absolute Gasteiger partial charge is 0.435 e. The number of hydrogen-bond acceptors (Lipinski definition) is 4. The number of alkyl halides is 3. The number of thiocarbonyl (C=S) groups is 1. The third kappa shape index (κ3) is 3.80. The van der Waals surface area contributed by atoms with Gasteiger partial charge in [0.2, 0.25) is 0 Å². The molecule has 1 aromatic heterocycles. The molecule has 18 heavy (non-hydrogen) atoms. The fourth-order valence-corrected chi connectivity index (χ4v) is 1.35. The molecule has 1 heterocycles. The van der Waals surface area contributed by atoms with Crippen molar-refractivity contribution in [3.63, 3.8) is 0 Å². The average molecular weight is 278 g/mol. The standard InChI is InChI=1S/C10H13F3N4S/c1-6(9(14)18)5-17(2)8-4-3-7(15-16-8)10(11,12)13/h3-4,6H,5H2,1-2H3,(H2,14,18). The maximum Gasteiger partial charge on any atom is 0.435 e. The number of hydrogen-bond donors (Lipinski definition) is 1. The molecule has 1 unspecified atom stereocenters. The highest BCUT2D eigenvalue weighted by Gasteiger charge is 2.33. The van der Waals surface area contributed by atoms with Crippen molar-refractivity contribution in [2.24, 2.45) is 11.7 Å². The van der Waals surface area contributed by atoms with E-state index >= 15 is 0 Å². The molecule has 0 spiro atoms. The molecule has 1 rings (SSSR count). The third-order valence-electron chi connectivity index (χ3n) is 2.37. The Morgan fingerprint density at radius 1 is 1.44 bits per heavy atom. The van der Waals surface area contributed by atoms with Crippen LogP contribution in [-0.4, -0.2) is 28.8 Å². The second kappa shape index (κ2) is 5.47. The highest BCUT2D eigenvalue weighted by Crippen LogP contribution is 2.27. The van der Waals surface area contributed by atoms with Gasteiger partial charge in [-0.1, -0.05) is 19.1 Å². The van der Waals surface area contributed by atoms with Crippen molar-refractivity contribution in [1.82, 2.24) is 10.2 Å². The van der Waals surface area contributed by atoms with Crippen molar-refractivity contribution >= 4 is 23.0 Å². The van der Waals surface area contributed by atoms with E-state index in [1.165, 1.54) is 6.07 Å². The van der Waals surface area contributed by atoms with Gasteiger partial charge < -0.3 is 10.6 Å². The molecule has 0 amide bonds. The van der Waals surface area contributed by atoms with Gasteiger partial charge in [-0.3, -0.25) is 0 Å². The molecule has 0 aliphatic rings. The molecule has 0 saturated carbocycles. The van der Waals surface area contributed by atoms with Gasteiger partial charge in [0.1, 0.15) is 0 Å². The van der Waals surface area contributed by atoms with Crippen molar-refractivity contribution in [3.8, 4) is 0 Å². The van der Waals surface area contributed by atoms with Crippen LogP contribution in [0.4, 0.5) is 19.0 Å². The van der Waals surface area contributed by atoms with Crippen LogP contribution < -0.4 is 10.6 Å². The van der Waals surface area contributed by atoms with Crippen molar-refractivity contribution in [1.29, 1.82) is 0 Å². The molecule has 0 aliphatic carbocycles. The van der Waals surface area contributed by atoms with Crippen molar-refractivity contribution in [3.05, 3.63) is 17.8 Å². The zero-order chi connectivity index (χ0) is 13.9. The summed E-state index contributed by atoms with van der Waals surface area (Å²) in [4.78, 5) is 2.00. The minimum Gasteiger partial charge on any atom is -0.393 e. The summed E-state index contributed by atoms with van der Waals surface area (Å²) in [7, 11) is 1.69. The van der Waals surface area contributed by atoms with Crippen molar-refractivity contribution in [2.45, 2.75) is 13.1 Å². The van der Waals surface area contributed by atoms with Crippen LogP contribution in [0.5, 0.6) is 0 Å². The van der Waals surface area contributed by atoms with Crippen molar-refractivity contribution in [2.75, 3.05) is 18.5 Å². The summed E-state index contributed by atoms with van der Waals surface area (Å²) >= 11 is 4.82. The molecule has 100 valence electrons. The number of anilines is 1. The Bertz CT molecular complexity index is 418. The lowest BCUT2D eigenvalue weighted by atomic mass is 10.2. The Kier molecular flexibility index (Phi) is 4.44. The minimum atomic E-state index is -4.48. The molecule has 2 N–H and O–H groups in total. The van der Waals surface area contributed by atoms with E-state index in [9.17, 15) is 13.2 Å². The van der Waals surface area contributed by atoms with E-state index in [-0.39, 0.29) is 5.92 Å². The first-order valence-corrected chi connectivity index (χ1v) is 5.54. The molecule has 4 nitrogen and oxygen atoms in total. The first kappa shape index (κ1) is 14.6. The Labute approximate surface area is 108 Å². The molecule has 0 aromatic carbocycles. The molecule has 1 atom stereocenters. The average Bonchev–Trinajstić information content (AvgIpc) is 2.27. The molecule has 0 fully saturated rings. The van der Waals surface area contributed by atoms with Crippen LogP contribution in [0.15, 0.2) is 12.1 Å². The summed E-state index contributed by atoms with van der Waals surface area (Å²) in [5, 5.41) is 6.67. The fourth-order valence-electron chi connectivity index (χ4n) is 1.27. The van der Waals surface area contributed by atoms with E-state index < -0.39 is 11.9 Å². The van der Waals surface area contributed by atoms with Gasteiger partial charge in [-0.2, -0.15) is 13.2 Å². The van der Waals surface area contributed by atoms with Gasteiger partial charge >= 0.3 is 6.18 Å². The van der Waals surface area contributed by atoms with Crippen LogP contribution >= 0.6 is 12.2 Å². The van der Waals surface area contributed by atoms with Gasteiger partial charge in [0.15, 0.2) is 11.5 Å². The van der Waals surface area contributed by atoms with Gasteiger partial charge in [0, 0.05) is 19.5 Å². The summed E-state index contributed by atoms with van der Waals surface area (Å²) in [6.07, 6.45) is -4.48. The molecule has 0 bridgehead atoms. The maximum atomic E-state index is 12.3. The lowest BCUT2D eigenvalue weighted by Gasteiger charge is -2.21. The second-order valence-electron chi connectivity index (χ2n) is 3.96. The van der Waals surface area contributed by atoms with Crippen LogP contribution in [0.3, 0.4) is 0 Å². The zero-order valence-corrected chi connectivity index (χ0v) is 10.7. The van der Waals surface area contributed by atoms with E-state index in [1.54, 1.807) is 11.9 Å². The topological polar surface area (TPSA) is 55.0 Å². The monoisotopic (exact) mass is 278 g/mol. The molecule has 0 radical (unpaired) electrons. The first-order valence-electron chi connectivity index (χ1n) is 5.13. The van der Waals surface area contributed by atoms with Gasteiger partial charge in [-0.15, -0.1) is 10.2 Å². The Balaban J connectivity index is 2.76. The van der Waals surface area contributed by atoms with Gasteiger partial charge in [-0.25, -0.2) is 0 Å². The van der Waals surface area contributed by atoms with Crippen LogP contribution in [0.2, 0.25) is 0 Å². The number of rotatable bonds is 4. The Morgan fingerprint density at radius 3 is 2.44 bits per heavy atom. The zero-order valence-electron chi connectivity index (χ0n) is 9.90. The highest BCUT2D eigenvalue weighted by atomic mass is 32.1. The molecule has 0 aliphatic heterocycles. The number of nitrogens with zero attached hydrogens (tertiary/aromatic N) is 3. The van der Waals surface area contributed by atoms with Gasteiger partial charge in [-0.05, 0) is 12.1 Å². The van der Waals surface area contributed by atoms with Crippen LogP contribution in [0.25, 0.3) is 0 Å². The lowest BCUT2D eigenvalue weighted by molar-refractivity contribution is -0.141. The quantitative estimate of drug-likeness (QED) is 0.852. The second-order valence-corrected chi connectivity index (χ2v) is 4.43. The Morgan fingerprint density at radius 2 is 2.06 bits per heavy atom. The lowest BCUT2D eigenvalue weighted by Crippen LogP contribution is -2.32. The molecular weight excluding hydrogens is 265 g/mol. The van der Waals surface area contributed by atoms with Crippen LogP contribution in [0, 0.1) is 5.92 Å². The Hall–Kier alpha value is -1.44. The summed E-state index contributed by atoms with van der Waals surface area (Å²) < 4.78 is 36.9. The summed E-state index contributed by atoms with van der Waals surface area (Å²) in [5.41, 5.74) is 4.45. The van der Waals surface area contributed by atoms with Gasteiger partial charge in [0.25, 0.3) is 0 Å². The number of aromatic nitrogens is 2. The predicted octanol–water partition coefficient (Wildman–Crippen LogP) is 1.85. The minimum absolute atomic E-state index is 0.0610. The molecular formula is C10H13F3N4S. The number of halogens is 3. The first-order chi connectivity index (χ1) is 8.21. The summed E-state index contributed by atoms with van der Waals surface area (Å²) in [6, 6.07) is 2.16. The van der Waals surface area contributed by atoms with E-state index in [1.807, 2.05) is 6.92 Å². The smallest absolute Gasteiger partial charge is 0.393 e. The normalized spacial score (nSPS) is 13.2. The highest BCUT2D eigenvalue weighted by molar-refractivity contribution is 7.80. The molecule has 8 heteroatoms. The van der Waals surface area contributed by atoms with E-state index in [2.05, 4.69) is 10.2 Å². The van der Waals surface area contributed by atoms with E-state index in [0.717, 1.165) is 6.07 Å². The van der Waals surface area contributed by atoms with Crippen molar-refractivity contribution < 1.29 is 13.2 Å². The third-order valence-corrected chi connectivity index (χ3v) is 2.77. The predicted molar refractivity (Wildman–Crippen MR) is 66.3 cm³/mol. The van der Waals surface area contributed by atoms with Gasteiger partial charge in [0.05, 0.1) is 4.99 Å². The van der Waals surface area contributed by atoms with Crippen LogP contribution in [0.1, 0.15) is 12.6 Å². The molecule has 0 saturated heterocycles. The van der Waals surface area contributed by atoms with E-state index in [4.69, 9.17) is 18.0 Å².